The molecule has 41 heavy (non-hydrogen) atoms. The van der Waals surface area contributed by atoms with Crippen LogP contribution in [0, 0.1) is 20.8 Å². The van der Waals surface area contributed by atoms with Gasteiger partial charge in [-0.25, -0.2) is 9.59 Å². The minimum absolute atomic E-state index is 0.00342. The van der Waals surface area contributed by atoms with Crippen LogP contribution in [0.3, 0.4) is 0 Å². The second-order valence-corrected chi connectivity index (χ2v) is 9.45. The van der Waals surface area contributed by atoms with Crippen molar-refractivity contribution in [2.75, 3.05) is 14.2 Å². The van der Waals surface area contributed by atoms with Crippen LogP contribution in [0.4, 0.5) is 0 Å². The number of hydrogen-bond donors (Lipinski definition) is 1. The van der Waals surface area contributed by atoms with E-state index in [4.69, 9.17) is 23.7 Å². The Morgan fingerprint density at radius 2 is 1.37 bits per heavy atom. The minimum Gasteiger partial charge on any atom is -0.507 e. The topological polar surface area (TPSA) is 101 Å². The Kier molecular flexibility index (Phi) is 9.14. The van der Waals surface area contributed by atoms with E-state index in [-0.39, 0.29) is 29.2 Å². The maximum Gasteiger partial charge on any atom is 0.347 e. The van der Waals surface area contributed by atoms with E-state index >= 15 is 0 Å². The summed E-state index contributed by atoms with van der Waals surface area (Å²) in [5.74, 6) is 0.00539. The molecule has 0 unspecified atom stereocenters. The fraction of sp³-hybridized carbons (Fsp3) is 0.212. The van der Waals surface area contributed by atoms with Crippen molar-refractivity contribution >= 4 is 11.9 Å². The van der Waals surface area contributed by atoms with Gasteiger partial charge in [0.25, 0.3) is 0 Å². The maximum absolute atomic E-state index is 13.3. The number of esters is 2. The summed E-state index contributed by atoms with van der Waals surface area (Å²) in [5, 5.41) is 10.6. The smallest absolute Gasteiger partial charge is 0.347 e. The van der Waals surface area contributed by atoms with Gasteiger partial charge in [0.15, 0.2) is 0 Å². The number of phenols is 1. The number of carbonyl (C=O) groups excluding carboxylic acids is 2. The summed E-state index contributed by atoms with van der Waals surface area (Å²) in [7, 11) is 3.08. The van der Waals surface area contributed by atoms with Gasteiger partial charge in [-0.3, -0.25) is 0 Å². The molecule has 0 aromatic heterocycles. The molecule has 0 aliphatic carbocycles. The van der Waals surface area contributed by atoms with Crippen LogP contribution in [0.15, 0.2) is 72.8 Å². The van der Waals surface area contributed by atoms with Crippen molar-refractivity contribution in [2.24, 2.45) is 0 Å². The van der Waals surface area contributed by atoms with Gasteiger partial charge in [-0.05, 0) is 67.3 Å². The van der Waals surface area contributed by atoms with E-state index < -0.39 is 11.9 Å². The summed E-state index contributed by atoms with van der Waals surface area (Å²) < 4.78 is 27.8. The highest BCUT2D eigenvalue weighted by molar-refractivity contribution is 5.97. The lowest BCUT2D eigenvalue weighted by atomic mass is 10.0. The lowest BCUT2D eigenvalue weighted by Gasteiger charge is -2.18. The molecule has 0 saturated heterocycles. The molecule has 0 atom stereocenters. The number of phenolic OH excluding ortho intramolecular Hbond substituents is 1. The van der Waals surface area contributed by atoms with Gasteiger partial charge in [-0.15, -0.1) is 0 Å². The molecule has 0 aliphatic heterocycles. The lowest BCUT2D eigenvalue weighted by Crippen LogP contribution is -2.14. The largest absolute Gasteiger partial charge is 0.507 e. The Morgan fingerprint density at radius 1 is 0.707 bits per heavy atom. The zero-order valence-electron chi connectivity index (χ0n) is 23.6. The SMILES string of the molecule is COc1ccc(COc2cc(C)c(C(=O)Oc3cc(C)c(C(=O)OCc4ccccc4)c(O)c3)c(OC)c2C)cc1. The summed E-state index contributed by atoms with van der Waals surface area (Å²) in [6.45, 7) is 5.56. The van der Waals surface area contributed by atoms with E-state index in [0.717, 1.165) is 16.9 Å². The van der Waals surface area contributed by atoms with E-state index in [1.807, 2.05) is 54.6 Å². The average molecular weight is 557 g/mol. The molecule has 4 aromatic rings. The first-order chi connectivity index (χ1) is 19.7. The zero-order valence-corrected chi connectivity index (χ0v) is 23.6. The average Bonchev–Trinajstić information content (AvgIpc) is 2.96. The van der Waals surface area contributed by atoms with Gasteiger partial charge in [-0.2, -0.15) is 0 Å². The van der Waals surface area contributed by atoms with Gasteiger partial charge in [0.05, 0.1) is 14.2 Å². The predicted octanol–water partition coefficient (Wildman–Crippen LogP) is 6.49. The molecule has 0 spiro atoms. The van der Waals surface area contributed by atoms with Gasteiger partial charge in [0.2, 0.25) is 0 Å². The van der Waals surface area contributed by atoms with Gasteiger partial charge >= 0.3 is 11.9 Å². The van der Waals surface area contributed by atoms with E-state index in [9.17, 15) is 14.7 Å². The first-order valence-corrected chi connectivity index (χ1v) is 12.9. The van der Waals surface area contributed by atoms with Crippen molar-refractivity contribution < 1.29 is 38.4 Å². The molecule has 212 valence electrons. The lowest BCUT2D eigenvalue weighted by molar-refractivity contribution is 0.0468. The summed E-state index contributed by atoms with van der Waals surface area (Å²) in [4.78, 5) is 26.0. The van der Waals surface area contributed by atoms with Crippen molar-refractivity contribution in [2.45, 2.75) is 34.0 Å². The standard InChI is InChI=1S/C33H32O8/c1-20-15-26(17-27(34)29(20)32(35)40-19-23-9-7-6-8-10-23)41-33(36)30-21(2)16-28(22(3)31(30)38-5)39-18-24-11-13-25(37-4)14-12-24/h6-17,34H,18-19H2,1-5H3. The Labute approximate surface area is 239 Å². The van der Waals surface area contributed by atoms with Crippen LogP contribution in [0.25, 0.3) is 0 Å². The highest BCUT2D eigenvalue weighted by Gasteiger charge is 2.24. The fourth-order valence-electron chi connectivity index (χ4n) is 4.41. The minimum atomic E-state index is -0.680. The molecule has 0 heterocycles. The van der Waals surface area contributed by atoms with Crippen molar-refractivity contribution in [3.8, 4) is 28.7 Å². The molecule has 1 N–H and O–H groups in total. The number of ether oxygens (including phenoxy) is 5. The third-order valence-electron chi connectivity index (χ3n) is 6.56. The molecule has 4 rings (SSSR count). The zero-order chi connectivity index (χ0) is 29.5. The molecule has 0 saturated carbocycles. The van der Waals surface area contributed by atoms with Crippen LogP contribution in [-0.4, -0.2) is 31.3 Å². The number of rotatable bonds is 10. The van der Waals surface area contributed by atoms with E-state index in [0.29, 0.717) is 34.8 Å². The van der Waals surface area contributed by atoms with Gasteiger partial charge in [0.1, 0.15) is 53.1 Å². The molecule has 0 bridgehead atoms. The van der Waals surface area contributed by atoms with Gasteiger partial charge in [-0.1, -0.05) is 42.5 Å². The van der Waals surface area contributed by atoms with E-state index in [2.05, 4.69) is 0 Å². The highest BCUT2D eigenvalue weighted by Crippen LogP contribution is 2.36. The second-order valence-electron chi connectivity index (χ2n) is 9.45. The van der Waals surface area contributed by atoms with Crippen LogP contribution in [-0.2, 0) is 18.0 Å². The number of methoxy groups -OCH3 is 2. The van der Waals surface area contributed by atoms with Crippen LogP contribution in [0.5, 0.6) is 28.7 Å². The summed E-state index contributed by atoms with van der Waals surface area (Å²) in [6, 6.07) is 21.2. The Bertz CT molecular complexity index is 1520. The number of aryl methyl sites for hydroxylation is 2. The molecule has 8 nitrogen and oxygen atoms in total. The maximum atomic E-state index is 13.3. The summed E-state index contributed by atoms with van der Waals surface area (Å²) in [6.07, 6.45) is 0. The first-order valence-electron chi connectivity index (χ1n) is 12.9. The molecule has 0 aliphatic rings. The number of carbonyl (C=O) groups is 2. The first kappa shape index (κ1) is 29.0. The van der Waals surface area contributed by atoms with Crippen LogP contribution < -0.4 is 18.9 Å². The van der Waals surface area contributed by atoms with Crippen LogP contribution in [0.2, 0.25) is 0 Å². The number of benzene rings is 4. The second kappa shape index (κ2) is 12.9. The molecule has 0 fully saturated rings. The molecule has 8 heteroatoms. The van der Waals surface area contributed by atoms with Crippen molar-refractivity contribution in [1.29, 1.82) is 0 Å². The number of hydrogen-bond acceptors (Lipinski definition) is 8. The number of aromatic hydroxyl groups is 1. The third-order valence-corrected chi connectivity index (χ3v) is 6.56. The van der Waals surface area contributed by atoms with Crippen molar-refractivity contribution in [1.82, 2.24) is 0 Å². The van der Waals surface area contributed by atoms with Crippen LogP contribution >= 0.6 is 0 Å². The molecular formula is C33H32O8. The summed E-state index contributed by atoms with van der Waals surface area (Å²) in [5.41, 5.74) is 3.62. The van der Waals surface area contributed by atoms with Gasteiger partial charge in [0, 0.05) is 11.6 Å². The fourth-order valence-corrected chi connectivity index (χ4v) is 4.41. The Morgan fingerprint density at radius 3 is 2.00 bits per heavy atom. The normalized spacial score (nSPS) is 10.6. The van der Waals surface area contributed by atoms with E-state index in [1.165, 1.54) is 19.2 Å². The van der Waals surface area contributed by atoms with Crippen molar-refractivity contribution in [3.63, 3.8) is 0 Å². The Hall–Kier alpha value is -4.98. The monoisotopic (exact) mass is 556 g/mol. The predicted molar refractivity (Wildman–Crippen MR) is 153 cm³/mol. The van der Waals surface area contributed by atoms with Crippen molar-refractivity contribution in [3.05, 3.63) is 112 Å². The summed E-state index contributed by atoms with van der Waals surface area (Å²) >= 11 is 0. The third kappa shape index (κ3) is 6.78. The van der Waals surface area contributed by atoms with Gasteiger partial charge < -0.3 is 28.8 Å². The molecular weight excluding hydrogens is 524 g/mol. The quantitative estimate of drug-likeness (QED) is 0.175. The molecule has 0 radical (unpaired) electrons. The highest BCUT2D eigenvalue weighted by atomic mass is 16.5. The van der Waals surface area contributed by atoms with E-state index in [1.54, 1.807) is 33.9 Å². The molecule has 0 amide bonds. The molecule has 4 aromatic carbocycles. The van der Waals surface area contributed by atoms with Crippen LogP contribution in [0.1, 0.15) is 48.5 Å². The Balaban J connectivity index is 1.50.